The van der Waals surface area contributed by atoms with Gasteiger partial charge in [-0.15, -0.1) is 0 Å². The highest BCUT2D eigenvalue weighted by Gasteiger charge is 2.38. The fraction of sp³-hybridized carbons (Fsp3) is 0.0667. The van der Waals surface area contributed by atoms with Crippen molar-refractivity contribution in [3.05, 3.63) is 58.3 Å². The van der Waals surface area contributed by atoms with Gasteiger partial charge in [0, 0.05) is 0 Å². The molecule has 0 radical (unpaired) electrons. The standard InChI is InChI=1S/C15H9N5O5/c21-11(6-19-12-10(5-18-19)13(22)17-7-16-12)25-20-14(23)8-3-1-2-4-9(8)15(20)24/h1-5,7H,6H2,(H,16,17,22). The molecule has 1 aliphatic rings. The van der Waals surface area contributed by atoms with Gasteiger partial charge in [0.25, 0.3) is 17.4 Å². The minimum absolute atomic E-state index is 0.165. The Kier molecular flexibility index (Phi) is 3.17. The van der Waals surface area contributed by atoms with E-state index in [4.69, 9.17) is 4.84 Å². The topological polar surface area (TPSA) is 127 Å². The molecule has 0 saturated carbocycles. The van der Waals surface area contributed by atoms with E-state index < -0.39 is 29.9 Å². The van der Waals surface area contributed by atoms with E-state index in [2.05, 4.69) is 15.1 Å². The largest absolute Gasteiger partial charge is 0.354 e. The molecule has 10 nitrogen and oxygen atoms in total. The number of rotatable bonds is 3. The Hall–Kier alpha value is -3.82. The van der Waals surface area contributed by atoms with Crippen molar-refractivity contribution in [1.82, 2.24) is 24.8 Å². The molecule has 3 aromatic rings. The normalized spacial score (nSPS) is 13.4. The Morgan fingerprint density at radius 2 is 1.80 bits per heavy atom. The lowest BCUT2D eigenvalue weighted by molar-refractivity contribution is -0.169. The number of aromatic nitrogens is 4. The highest BCUT2D eigenvalue weighted by Crippen LogP contribution is 2.22. The molecule has 25 heavy (non-hydrogen) atoms. The van der Waals surface area contributed by atoms with E-state index in [1.54, 1.807) is 12.1 Å². The molecule has 10 heteroatoms. The van der Waals surface area contributed by atoms with Crippen molar-refractivity contribution in [2.75, 3.05) is 0 Å². The number of imide groups is 1. The number of H-pyrrole nitrogens is 1. The van der Waals surface area contributed by atoms with Crippen LogP contribution in [0.5, 0.6) is 0 Å². The molecule has 124 valence electrons. The monoisotopic (exact) mass is 339 g/mol. The first-order valence-electron chi connectivity index (χ1n) is 7.14. The summed E-state index contributed by atoms with van der Waals surface area (Å²) in [5, 5.41) is 4.51. The van der Waals surface area contributed by atoms with Crippen LogP contribution in [0, 0.1) is 0 Å². The van der Waals surface area contributed by atoms with Crippen LogP contribution < -0.4 is 5.56 Å². The summed E-state index contributed by atoms with van der Waals surface area (Å²) in [5.74, 6) is -2.33. The predicted octanol–water partition coefficient (Wildman–Crippen LogP) is -0.126. The summed E-state index contributed by atoms with van der Waals surface area (Å²) in [7, 11) is 0. The van der Waals surface area contributed by atoms with Gasteiger partial charge in [-0.1, -0.05) is 17.2 Å². The number of aromatic amines is 1. The molecule has 4 rings (SSSR count). The van der Waals surface area contributed by atoms with E-state index in [1.807, 2.05) is 0 Å². The first-order chi connectivity index (χ1) is 12.1. The van der Waals surface area contributed by atoms with Gasteiger partial charge in [-0.3, -0.25) is 14.4 Å². The number of fused-ring (bicyclic) bond motifs is 2. The van der Waals surface area contributed by atoms with Gasteiger partial charge in [-0.2, -0.15) is 5.10 Å². The molecule has 1 N–H and O–H groups in total. The summed E-state index contributed by atoms with van der Waals surface area (Å²) in [4.78, 5) is 59.2. The van der Waals surface area contributed by atoms with Gasteiger partial charge < -0.3 is 9.82 Å². The summed E-state index contributed by atoms with van der Waals surface area (Å²) in [6, 6.07) is 6.16. The minimum atomic E-state index is -0.901. The highest BCUT2D eigenvalue weighted by molar-refractivity contribution is 6.20. The molecule has 2 amide bonds. The summed E-state index contributed by atoms with van der Waals surface area (Å²) in [6.07, 6.45) is 2.44. The van der Waals surface area contributed by atoms with Gasteiger partial charge in [0.05, 0.1) is 23.7 Å². The van der Waals surface area contributed by atoms with Crippen LogP contribution in [0.2, 0.25) is 0 Å². The number of carbonyl (C=O) groups excluding carboxylic acids is 3. The van der Waals surface area contributed by atoms with Gasteiger partial charge >= 0.3 is 5.97 Å². The second-order valence-electron chi connectivity index (χ2n) is 5.18. The molecule has 0 fully saturated rings. The second kappa shape index (κ2) is 5.37. The molecule has 1 aliphatic heterocycles. The minimum Gasteiger partial charge on any atom is -0.328 e. The number of hydrogen-bond donors (Lipinski definition) is 1. The SMILES string of the molecule is O=C(Cn1ncc2c(=O)[nH]cnc21)ON1C(=O)c2ccccc2C1=O. The Balaban J connectivity index is 1.55. The lowest BCUT2D eigenvalue weighted by atomic mass is 10.1. The predicted molar refractivity (Wildman–Crippen MR) is 81.2 cm³/mol. The third-order valence-corrected chi connectivity index (χ3v) is 3.67. The molecule has 0 bridgehead atoms. The molecule has 3 heterocycles. The van der Waals surface area contributed by atoms with Gasteiger partial charge in [0.15, 0.2) is 5.65 Å². The molecule has 0 atom stereocenters. The quantitative estimate of drug-likeness (QED) is 0.659. The van der Waals surface area contributed by atoms with Crippen LogP contribution >= 0.6 is 0 Å². The van der Waals surface area contributed by atoms with Crippen LogP contribution in [0.4, 0.5) is 0 Å². The Labute approximate surface area is 138 Å². The lowest BCUT2D eigenvalue weighted by Gasteiger charge is -2.12. The van der Waals surface area contributed by atoms with E-state index in [-0.39, 0.29) is 22.2 Å². The van der Waals surface area contributed by atoms with E-state index in [9.17, 15) is 19.2 Å². The summed E-state index contributed by atoms with van der Waals surface area (Å²) in [5.41, 5.74) is 0.115. The zero-order valence-corrected chi connectivity index (χ0v) is 12.5. The van der Waals surface area contributed by atoms with Gasteiger partial charge in [0.1, 0.15) is 11.9 Å². The molecular formula is C15H9N5O5. The van der Waals surface area contributed by atoms with Crippen LogP contribution in [0.1, 0.15) is 20.7 Å². The smallest absolute Gasteiger partial charge is 0.328 e. The third kappa shape index (κ3) is 2.27. The van der Waals surface area contributed by atoms with E-state index >= 15 is 0 Å². The second-order valence-corrected chi connectivity index (χ2v) is 5.18. The van der Waals surface area contributed by atoms with Crippen LogP contribution in [-0.4, -0.2) is 42.6 Å². The molecule has 2 aromatic heterocycles. The van der Waals surface area contributed by atoms with Gasteiger partial charge in [-0.25, -0.2) is 14.5 Å². The van der Waals surface area contributed by atoms with Crippen molar-refractivity contribution in [2.24, 2.45) is 0 Å². The summed E-state index contributed by atoms with van der Waals surface area (Å²) in [6.45, 7) is -0.423. The van der Waals surface area contributed by atoms with E-state index in [1.165, 1.54) is 24.7 Å². The average molecular weight is 339 g/mol. The summed E-state index contributed by atoms with van der Waals surface area (Å²) < 4.78 is 1.14. The van der Waals surface area contributed by atoms with Crippen molar-refractivity contribution in [2.45, 2.75) is 6.54 Å². The lowest BCUT2D eigenvalue weighted by Crippen LogP contribution is -2.34. The van der Waals surface area contributed by atoms with Gasteiger partial charge in [0.2, 0.25) is 0 Å². The molecule has 0 aliphatic carbocycles. The number of hydroxylamine groups is 2. The van der Waals surface area contributed by atoms with Crippen LogP contribution in [0.25, 0.3) is 11.0 Å². The Bertz CT molecular complexity index is 1060. The highest BCUT2D eigenvalue weighted by atomic mass is 16.7. The maximum Gasteiger partial charge on any atom is 0.354 e. The van der Waals surface area contributed by atoms with Crippen molar-refractivity contribution in [1.29, 1.82) is 0 Å². The summed E-state index contributed by atoms with van der Waals surface area (Å²) >= 11 is 0. The van der Waals surface area contributed by atoms with Crippen molar-refractivity contribution in [3.63, 3.8) is 0 Å². The van der Waals surface area contributed by atoms with Crippen LogP contribution in [0.15, 0.2) is 41.6 Å². The maximum absolute atomic E-state index is 12.1. The molecule has 0 spiro atoms. The number of benzene rings is 1. The molecule has 1 aromatic carbocycles. The number of nitrogens with zero attached hydrogens (tertiary/aromatic N) is 4. The number of amides is 2. The van der Waals surface area contributed by atoms with Crippen molar-refractivity contribution >= 4 is 28.8 Å². The van der Waals surface area contributed by atoms with E-state index in [0.29, 0.717) is 5.06 Å². The fourth-order valence-corrected chi connectivity index (χ4v) is 2.52. The zero-order chi connectivity index (χ0) is 17.6. The third-order valence-electron chi connectivity index (χ3n) is 3.67. The average Bonchev–Trinajstić information content (AvgIpc) is 3.12. The number of hydrogen-bond acceptors (Lipinski definition) is 7. The Morgan fingerprint density at radius 1 is 1.12 bits per heavy atom. The fourth-order valence-electron chi connectivity index (χ4n) is 2.52. The zero-order valence-electron chi connectivity index (χ0n) is 12.5. The van der Waals surface area contributed by atoms with Crippen molar-refractivity contribution < 1.29 is 19.2 Å². The molecule has 0 unspecified atom stereocenters. The van der Waals surface area contributed by atoms with E-state index in [0.717, 1.165) is 4.68 Å². The number of nitrogens with one attached hydrogen (secondary N) is 1. The Morgan fingerprint density at radius 3 is 2.48 bits per heavy atom. The maximum atomic E-state index is 12.1. The first-order valence-corrected chi connectivity index (χ1v) is 7.14. The molecular weight excluding hydrogens is 330 g/mol. The van der Waals surface area contributed by atoms with Crippen LogP contribution in [0.3, 0.4) is 0 Å². The van der Waals surface area contributed by atoms with Gasteiger partial charge in [-0.05, 0) is 12.1 Å². The first kappa shape index (κ1) is 14.8. The number of carbonyl (C=O) groups is 3. The van der Waals surface area contributed by atoms with Crippen LogP contribution in [-0.2, 0) is 16.2 Å². The molecule has 0 saturated heterocycles. The van der Waals surface area contributed by atoms with Crippen molar-refractivity contribution in [3.8, 4) is 0 Å².